The van der Waals surface area contributed by atoms with E-state index in [-0.39, 0.29) is 31.1 Å². The van der Waals surface area contributed by atoms with E-state index >= 15 is 0 Å². The molecule has 0 bridgehead atoms. The Kier molecular flexibility index (Phi) is 51.3. The summed E-state index contributed by atoms with van der Waals surface area (Å²) in [5.74, 6) is -0.899. The summed E-state index contributed by atoms with van der Waals surface area (Å²) in [6.45, 7) is 6.57. The number of rotatable bonds is 50. The van der Waals surface area contributed by atoms with Crippen LogP contribution in [0.25, 0.3) is 0 Å². The largest absolute Gasteiger partial charge is 0.462 e. The van der Waals surface area contributed by atoms with Crippen molar-refractivity contribution in [3.8, 4) is 0 Å². The van der Waals surface area contributed by atoms with Crippen LogP contribution in [0.5, 0.6) is 0 Å². The zero-order valence-corrected chi connectivity index (χ0v) is 43.0. The fourth-order valence-electron chi connectivity index (χ4n) is 7.75. The molecule has 0 rings (SSSR count). The van der Waals surface area contributed by atoms with Crippen molar-refractivity contribution in [3.05, 3.63) is 60.8 Å². The second-order valence-electron chi connectivity index (χ2n) is 18.5. The smallest absolute Gasteiger partial charge is 0.306 e. The van der Waals surface area contributed by atoms with E-state index in [1.165, 1.54) is 154 Å². The molecule has 0 aliphatic rings. The Labute approximate surface area is 402 Å². The number of hydrogen-bond donors (Lipinski definition) is 0. The summed E-state index contributed by atoms with van der Waals surface area (Å²) in [5.41, 5.74) is 0. The van der Waals surface area contributed by atoms with Crippen LogP contribution in [-0.2, 0) is 28.6 Å². The minimum absolute atomic E-state index is 0.0832. The number of allylic oxidation sites excluding steroid dienone is 10. The third kappa shape index (κ3) is 51.9. The molecular weight excluding hydrogens is 805 g/mol. The topological polar surface area (TPSA) is 78.9 Å². The van der Waals surface area contributed by atoms with Crippen molar-refractivity contribution >= 4 is 17.9 Å². The van der Waals surface area contributed by atoms with E-state index in [2.05, 4.69) is 81.5 Å². The van der Waals surface area contributed by atoms with Gasteiger partial charge in [-0.05, 0) is 103 Å². The summed E-state index contributed by atoms with van der Waals surface area (Å²) in [5, 5.41) is 0. The Balaban J connectivity index is 4.41. The van der Waals surface area contributed by atoms with Gasteiger partial charge in [0.05, 0.1) is 0 Å². The van der Waals surface area contributed by atoms with Gasteiger partial charge >= 0.3 is 17.9 Å². The maximum Gasteiger partial charge on any atom is 0.306 e. The molecular formula is C59H104O6. The van der Waals surface area contributed by atoms with Crippen LogP contribution < -0.4 is 0 Å². The van der Waals surface area contributed by atoms with Crippen molar-refractivity contribution in [1.29, 1.82) is 0 Å². The number of unbranched alkanes of at least 4 members (excludes halogenated alkanes) is 30. The molecule has 0 spiro atoms. The lowest BCUT2D eigenvalue weighted by Crippen LogP contribution is -2.30. The van der Waals surface area contributed by atoms with Crippen LogP contribution in [0.1, 0.15) is 278 Å². The summed E-state index contributed by atoms with van der Waals surface area (Å²) in [7, 11) is 0. The Morgan fingerprint density at radius 3 is 0.985 bits per heavy atom. The van der Waals surface area contributed by atoms with Crippen LogP contribution in [0, 0.1) is 0 Å². The van der Waals surface area contributed by atoms with Crippen LogP contribution >= 0.6 is 0 Å². The molecule has 0 saturated carbocycles. The van der Waals surface area contributed by atoms with Gasteiger partial charge in [0.2, 0.25) is 0 Å². The summed E-state index contributed by atoms with van der Waals surface area (Å²) in [6, 6.07) is 0. The van der Waals surface area contributed by atoms with Gasteiger partial charge in [0.15, 0.2) is 6.10 Å². The molecule has 1 atom stereocenters. The maximum atomic E-state index is 12.8. The zero-order chi connectivity index (χ0) is 47.2. The van der Waals surface area contributed by atoms with E-state index in [1.54, 1.807) is 0 Å². The van der Waals surface area contributed by atoms with Crippen molar-refractivity contribution in [1.82, 2.24) is 0 Å². The Bertz CT molecular complexity index is 1180. The molecule has 0 N–H and O–H groups in total. The Morgan fingerprint density at radius 1 is 0.323 bits per heavy atom. The van der Waals surface area contributed by atoms with Gasteiger partial charge in [-0.15, -0.1) is 0 Å². The first-order valence-corrected chi connectivity index (χ1v) is 27.8. The van der Waals surface area contributed by atoms with Crippen LogP contribution in [0.2, 0.25) is 0 Å². The molecule has 0 heterocycles. The Hall–Kier alpha value is -2.89. The second-order valence-corrected chi connectivity index (χ2v) is 18.5. The van der Waals surface area contributed by atoms with E-state index in [4.69, 9.17) is 14.2 Å². The molecule has 376 valence electrons. The molecule has 0 aromatic carbocycles. The SMILES string of the molecule is CCCCC/C=C\C=C/CCCCCCCCC(=O)OC(COC(=O)CCCCCCCCC/C=C\C/C=C\CCCCC)COC(=O)CCCCCCCCC/C=C\CCCCCC. The average molecular weight is 909 g/mol. The van der Waals surface area contributed by atoms with Crippen molar-refractivity contribution in [3.63, 3.8) is 0 Å². The summed E-state index contributed by atoms with van der Waals surface area (Å²) in [4.78, 5) is 38.1. The highest BCUT2D eigenvalue weighted by atomic mass is 16.6. The van der Waals surface area contributed by atoms with E-state index in [9.17, 15) is 14.4 Å². The number of carbonyl (C=O) groups excluding carboxylic acids is 3. The lowest BCUT2D eigenvalue weighted by Gasteiger charge is -2.18. The first-order valence-electron chi connectivity index (χ1n) is 27.8. The summed E-state index contributed by atoms with van der Waals surface area (Å²) >= 11 is 0. The zero-order valence-electron chi connectivity index (χ0n) is 43.0. The lowest BCUT2D eigenvalue weighted by molar-refractivity contribution is -0.167. The molecule has 0 saturated heterocycles. The standard InChI is InChI=1S/C59H104O6/c1-4-7-10-13-16-19-22-25-28-29-32-34-37-40-43-46-49-52-58(61)64-55-56(65-59(62)53-50-47-44-41-38-35-31-27-24-21-18-15-12-9-6-3)54-63-57(60)51-48-45-42-39-36-33-30-26-23-20-17-14-11-8-5-2/h16,18-21,23-25,27-28,56H,4-15,17,22,26,29-55H2,1-3H3/b19-16-,21-18-,23-20-,27-24-,28-25-. The monoisotopic (exact) mass is 909 g/mol. The minimum atomic E-state index is -0.785. The third-order valence-corrected chi connectivity index (χ3v) is 12.0. The van der Waals surface area contributed by atoms with Crippen LogP contribution in [0.3, 0.4) is 0 Å². The van der Waals surface area contributed by atoms with Gasteiger partial charge in [-0.1, -0.05) is 216 Å². The normalized spacial score (nSPS) is 12.5. The fraction of sp³-hybridized carbons (Fsp3) is 0.780. The second kappa shape index (κ2) is 53.7. The predicted molar refractivity (Wildman–Crippen MR) is 279 cm³/mol. The molecule has 1 unspecified atom stereocenters. The summed E-state index contributed by atoms with van der Waals surface area (Å²) in [6.07, 6.45) is 66.2. The molecule has 65 heavy (non-hydrogen) atoms. The molecule has 0 radical (unpaired) electrons. The molecule has 6 heteroatoms. The molecule has 0 aliphatic heterocycles. The van der Waals surface area contributed by atoms with Gasteiger partial charge in [-0.25, -0.2) is 0 Å². The van der Waals surface area contributed by atoms with Crippen molar-refractivity contribution in [2.45, 2.75) is 284 Å². The van der Waals surface area contributed by atoms with Gasteiger partial charge < -0.3 is 14.2 Å². The molecule has 0 aromatic heterocycles. The van der Waals surface area contributed by atoms with Gasteiger partial charge in [0.25, 0.3) is 0 Å². The molecule has 0 amide bonds. The Morgan fingerprint density at radius 2 is 0.600 bits per heavy atom. The third-order valence-electron chi connectivity index (χ3n) is 12.0. The van der Waals surface area contributed by atoms with Crippen molar-refractivity contribution < 1.29 is 28.6 Å². The van der Waals surface area contributed by atoms with E-state index < -0.39 is 6.10 Å². The van der Waals surface area contributed by atoms with Gasteiger partial charge in [0, 0.05) is 19.3 Å². The molecule has 6 nitrogen and oxygen atoms in total. The van der Waals surface area contributed by atoms with Crippen molar-refractivity contribution in [2.75, 3.05) is 13.2 Å². The number of hydrogen-bond acceptors (Lipinski definition) is 6. The fourth-order valence-corrected chi connectivity index (χ4v) is 7.75. The minimum Gasteiger partial charge on any atom is -0.462 e. The number of ether oxygens (including phenoxy) is 3. The van der Waals surface area contributed by atoms with Crippen LogP contribution in [-0.4, -0.2) is 37.2 Å². The predicted octanol–water partition coefficient (Wildman–Crippen LogP) is 18.4. The quantitative estimate of drug-likeness (QED) is 0.0199. The first-order chi connectivity index (χ1) is 32.0. The highest BCUT2D eigenvalue weighted by Gasteiger charge is 2.19. The lowest BCUT2D eigenvalue weighted by atomic mass is 10.1. The van der Waals surface area contributed by atoms with Crippen LogP contribution in [0.4, 0.5) is 0 Å². The van der Waals surface area contributed by atoms with Gasteiger partial charge in [-0.3, -0.25) is 14.4 Å². The van der Waals surface area contributed by atoms with Gasteiger partial charge in [-0.2, -0.15) is 0 Å². The molecule has 0 aromatic rings. The maximum absolute atomic E-state index is 12.8. The van der Waals surface area contributed by atoms with E-state index in [0.717, 1.165) is 83.5 Å². The molecule has 0 fully saturated rings. The van der Waals surface area contributed by atoms with E-state index in [0.29, 0.717) is 19.3 Å². The molecule has 0 aliphatic carbocycles. The van der Waals surface area contributed by atoms with Crippen molar-refractivity contribution in [2.24, 2.45) is 0 Å². The number of esters is 3. The van der Waals surface area contributed by atoms with Gasteiger partial charge in [0.1, 0.15) is 13.2 Å². The highest BCUT2D eigenvalue weighted by Crippen LogP contribution is 2.15. The van der Waals surface area contributed by atoms with E-state index in [1.807, 2.05) is 0 Å². The highest BCUT2D eigenvalue weighted by molar-refractivity contribution is 5.71. The first kappa shape index (κ1) is 62.1. The summed E-state index contributed by atoms with van der Waals surface area (Å²) < 4.78 is 16.8. The average Bonchev–Trinajstić information content (AvgIpc) is 3.30. The number of carbonyl (C=O) groups is 3. The van der Waals surface area contributed by atoms with Crippen LogP contribution in [0.15, 0.2) is 60.8 Å².